The van der Waals surface area contributed by atoms with Crippen LogP contribution in [-0.4, -0.2) is 30.0 Å². The van der Waals surface area contributed by atoms with Gasteiger partial charge in [-0.15, -0.1) is 0 Å². The Morgan fingerprint density at radius 1 is 1.14 bits per heavy atom. The van der Waals surface area contributed by atoms with Crippen molar-refractivity contribution in [3.63, 3.8) is 0 Å². The molecule has 190 valence electrons. The Bertz CT molecular complexity index is 1410. The average Bonchev–Trinajstić information content (AvgIpc) is 2.88. The fraction of sp³-hybridized carbons (Fsp3) is 0.115. The van der Waals surface area contributed by atoms with Crippen LogP contribution in [0.5, 0.6) is 5.75 Å². The maximum atomic E-state index is 14.5. The van der Waals surface area contributed by atoms with E-state index in [9.17, 15) is 27.5 Å². The molecular weight excluding hydrogens is 492 g/mol. The predicted octanol–water partition coefficient (Wildman–Crippen LogP) is 5.58. The zero-order chi connectivity index (χ0) is 27.2. The summed E-state index contributed by atoms with van der Waals surface area (Å²) in [4.78, 5) is 20.0. The summed E-state index contributed by atoms with van der Waals surface area (Å²) in [6, 6.07) is 15.4. The van der Waals surface area contributed by atoms with E-state index in [4.69, 9.17) is 17.0 Å². The van der Waals surface area contributed by atoms with E-state index in [1.165, 1.54) is 37.4 Å². The Kier molecular flexibility index (Phi) is 8.26. The summed E-state index contributed by atoms with van der Waals surface area (Å²) < 4.78 is 58.9. The number of anilines is 1. The van der Waals surface area contributed by atoms with Crippen LogP contribution in [0.1, 0.15) is 17.2 Å². The van der Waals surface area contributed by atoms with Gasteiger partial charge in [0.15, 0.2) is 5.69 Å². The Morgan fingerprint density at radius 3 is 2.51 bits per heavy atom. The fourth-order valence-electron chi connectivity index (χ4n) is 3.15. The number of amides is 1. The number of hydrogen-bond acceptors (Lipinski definition) is 5. The quantitative estimate of drug-likeness (QED) is 0.218. The lowest BCUT2D eigenvalue weighted by molar-refractivity contribution is -0.110. The minimum absolute atomic E-state index is 0.00699. The second-order valence-electron chi connectivity index (χ2n) is 7.60. The molecule has 0 saturated carbocycles. The number of methoxy groups -OCH3 is 1. The number of aliphatic imine (C=N–C) groups is 1. The number of halogens is 4. The minimum atomic E-state index is -4.95. The number of benzene rings is 3. The Morgan fingerprint density at radius 2 is 1.84 bits per heavy atom. The fourth-order valence-corrected chi connectivity index (χ4v) is 3.15. The molecule has 0 fully saturated rings. The summed E-state index contributed by atoms with van der Waals surface area (Å²) >= 11 is 0. The van der Waals surface area contributed by atoms with Gasteiger partial charge in [0.25, 0.3) is 5.91 Å². The third kappa shape index (κ3) is 6.93. The number of hydrogen-bond donors (Lipinski definition) is 3. The molecule has 0 aliphatic rings. The number of carbonyl (C=O) groups excluding carboxylic acids is 1. The topological polar surface area (TPSA) is 101 Å². The van der Waals surface area contributed by atoms with Crippen molar-refractivity contribution in [2.45, 2.75) is 12.3 Å². The second-order valence-corrected chi connectivity index (χ2v) is 7.60. The van der Waals surface area contributed by atoms with E-state index in [-0.39, 0.29) is 16.9 Å². The van der Waals surface area contributed by atoms with Gasteiger partial charge >= 0.3 is 6.18 Å². The van der Waals surface area contributed by atoms with E-state index in [2.05, 4.69) is 15.2 Å². The second kappa shape index (κ2) is 11.4. The van der Waals surface area contributed by atoms with Gasteiger partial charge in [-0.3, -0.25) is 4.79 Å². The highest BCUT2D eigenvalue weighted by Gasteiger charge is 2.32. The number of nitrogens with two attached hydrogens (primary N) is 1. The van der Waals surface area contributed by atoms with Crippen molar-refractivity contribution in [3.05, 3.63) is 107 Å². The number of alkyl halides is 3. The number of allylic oxidation sites excluding steroid dienone is 1. The van der Waals surface area contributed by atoms with Crippen LogP contribution < -0.4 is 15.8 Å². The number of nitrogens with zero attached hydrogens (tertiary/aromatic N) is 2. The molecule has 3 rings (SSSR count). The van der Waals surface area contributed by atoms with Gasteiger partial charge in [0.2, 0.25) is 0 Å². The van der Waals surface area contributed by atoms with E-state index >= 15 is 0 Å². The van der Waals surface area contributed by atoms with Gasteiger partial charge in [0.05, 0.1) is 25.1 Å². The van der Waals surface area contributed by atoms with Gasteiger partial charge in [0.1, 0.15) is 29.1 Å². The summed E-state index contributed by atoms with van der Waals surface area (Å²) in [5.41, 5.74) is 3.04. The third-order valence-electron chi connectivity index (χ3n) is 5.02. The maximum absolute atomic E-state index is 14.5. The first-order valence-electron chi connectivity index (χ1n) is 10.5. The largest absolute Gasteiger partial charge is 0.497 e. The molecule has 3 aromatic carbocycles. The molecule has 1 atom stereocenters. The summed E-state index contributed by atoms with van der Waals surface area (Å²) in [5, 5.41) is 12.9. The monoisotopic (exact) mass is 512 g/mol. The number of aliphatic hydroxyl groups is 1. The SMILES string of the molecule is [C-]#[N+]c1cccc(N=C(/C=C(\N)C(F)(F)F)C(=O)Nc2cc(C(O)c3cccc(OC)c3)ccc2F)c1. The lowest BCUT2D eigenvalue weighted by atomic mass is 10.0. The van der Waals surface area contributed by atoms with Crippen molar-refractivity contribution in [3.8, 4) is 5.75 Å². The number of carbonyl (C=O) groups is 1. The zero-order valence-corrected chi connectivity index (χ0v) is 19.3. The Hall–Kier alpha value is -4.69. The normalized spacial score (nSPS) is 13.0. The van der Waals surface area contributed by atoms with Crippen LogP contribution in [0.4, 0.5) is 34.6 Å². The molecule has 3 aromatic rings. The van der Waals surface area contributed by atoms with E-state index in [0.29, 0.717) is 17.4 Å². The molecule has 0 aromatic heterocycles. The zero-order valence-electron chi connectivity index (χ0n) is 19.3. The highest BCUT2D eigenvalue weighted by molar-refractivity contribution is 6.47. The van der Waals surface area contributed by atoms with Crippen molar-refractivity contribution < 1.29 is 32.2 Å². The summed E-state index contributed by atoms with van der Waals surface area (Å²) in [5.74, 6) is -1.63. The van der Waals surface area contributed by atoms with E-state index in [1.807, 2.05) is 0 Å². The molecule has 0 aliphatic carbocycles. The Labute approximate surface area is 209 Å². The summed E-state index contributed by atoms with van der Waals surface area (Å²) in [6.07, 6.45) is -5.87. The van der Waals surface area contributed by atoms with E-state index < -0.39 is 41.1 Å². The van der Waals surface area contributed by atoms with Gasteiger partial charge in [-0.05, 0) is 53.6 Å². The number of nitrogens with one attached hydrogen (secondary N) is 1. The highest BCUT2D eigenvalue weighted by atomic mass is 19.4. The van der Waals surface area contributed by atoms with Gasteiger partial charge in [-0.2, -0.15) is 13.2 Å². The highest BCUT2D eigenvalue weighted by Crippen LogP contribution is 2.29. The Balaban J connectivity index is 1.98. The molecule has 0 spiro atoms. The molecular formula is C26H20F4N4O3. The molecule has 4 N–H and O–H groups in total. The number of aliphatic hydroxyl groups excluding tert-OH is 1. The van der Waals surface area contributed by atoms with Crippen molar-refractivity contribution in [2.24, 2.45) is 10.7 Å². The first-order valence-corrected chi connectivity index (χ1v) is 10.5. The van der Waals surface area contributed by atoms with Crippen LogP contribution in [0.25, 0.3) is 4.85 Å². The smallest absolute Gasteiger partial charge is 0.430 e. The van der Waals surface area contributed by atoms with Crippen LogP contribution in [0.2, 0.25) is 0 Å². The van der Waals surface area contributed by atoms with Crippen molar-refractivity contribution in [2.75, 3.05) is 12.4 Å². The first-order chi connectivity index (χ1) is 17.5. The molecule has 7 nitrogen and oxygen atoms in total. The molecule has 37 heavy (non-hydrogen) atoms. The molecule has 1 unspecified atom stereocenters. The van der Waals surface area contributed by atoms with Gasteiger partial charge in [0, 0.05) is 0 Å². The summed E-state index contributed by atoms with van der Waals surface area (Å²) in [6.45, 7) is 7.06. The molecule has 0 bridgehead atoms. The molecule has 0 heterocycles. The standard InChI is InChI=1S/C26H20F4N4O3/c1-32-17-6-4-7-18(13-17)33-22(14-23(31)26(28,29)30)25(36)34-21-12-16(9-10-20(21)27)24(35)15-5-3-8-19(11-15)37-2/h3-14,24,35H,31H2,2H3,(H,34,36)/b23-14-,33-22?. The van der Waals surface area contributed by atoms with Gasteiger partial charge in [-0.1, -0.05) is 30.3 Å². The average molecular weight is 512 g/mol. The van der Waals surface area contributed by atoms with Crippen molar-refractivity contribution in [1.82, 2.24) is 0 Å². The lowest BCUT2D eigenvalue weighted by Gasteiger charge is -2.15. The molecule has 11 heteroatoms. The summed E-state index contributed by atoms with van der Waals surface area (Å²) in [7, 11) is 1.45. The molecule has 1 amide bonds. The first kappa shape index (κ1) is 26.9. The minimum Gasteiger partial charge on any atom is -0.497 e. The number of ether oxygens (including phenoxy) is 1. The van der Waals surface area contributed by atoms with Crippen LogP contribution >= 0.6 is 0 Å². The van der Waals surface area contributed by atoms with E-state index in [0.717, 1.165) is 12.1 Å². The van der Waals surface area contributed by atoms with Crippen LogP contribution in [0, 0.1) is 12.4 Å². The molecule has 0 radical (unpaired) electrons. The van der Waals surface area contributed by atoms with E-state index in [1.54, 1.807) is 24.3 Å². The molecule has 0 aliphatic heterocycles. The van der Waals surface area contributed by atoms with Crippen LogP contribution in [0.3, 0.4) is 0 Å². The van der Waals surface area contributed by atoms with Crippen LogP contribution in [0.15, 0.2) is 83.5 Å². The van der Waals surface area contributed by atoms with Gasteiger partial charge in [-0.25, -0.2) is 14.2 Å². The van der Waals surface area contributed by atoms with Gasteiger partial charge < -0.3 is 20.9 Å². The predicted molar refractivity (Wildman–Crippen MR) is 130 cm³/mol. The lowest BCUT2D eigenvalue weighted by Crippen LogP contribution is -2.26. The van der Waals surface area contributed by atoms with Crippen LogP contribution in [-0.2, 0) is 4.79 Å². The molecule has 0 saturated heterocycles. The number of rotatable bonds is 7. The maximum Gasteiger partial charge on any atom is 0.430 e. The van der Waals surface area contributed by atoms with Crippen molar-refractivity contribution in [1.29, 1.82) is 0 Å². The third-order valence-corrected chi connectivity index (χ3v) is 5.02. The van der Waals surface area contributed by atoms with Crippen molar-refractivity contribution >= 4 is 28.7 Å².